The second kappa shape index (κ2) is 11.1. The first-order chi connectivity index (χ1) is 17.2. The van der Waals surface area contributed by atoms with Crippen molar-refractivity contribution in [1.29, 1.82) is 0 Å². The van der Waals surface area contributed by atoms with E-state index in [1.54, 1.807) is 40.5 Å². The third-order valence-corrected chi connectivity index (χ3v) is 9.37. The van der Waals surface area contributed by atoms with Gasteiger partial charge in [0.1, 0.15) is 0 Å². The fourth-order valence-corrected chi connectivity index (χ4v) is 6.97. The van der Waals surface area contributed by atoms with E-state index in [0.717, 1.165) is 56.2 Å². The largest absolute Gasteiger partial charge is 0.481 e. The van der Waals surface area contributed by atoms with E-state index < -0.39 is 17.4 Å². The van der Waals surface area contributed by atoms with Gasteiger partial charge in [0.25, 0.3) is 0 Å². The normalized spacial score (nSPS) is 14.7. The smallest absolute Gasteiger partial charge is 0.335 e. The Labute approximate surface area is 223 Å². The summed E-state index contributed by atoms with van der Waals surface area (Å²) in [5, 5.41) is 20.2. The summed E-state index contributed by atoms with van der Waals surface area (Å²) < 4.78 is 2.00. The molecular weight excluding hydrogens is 542 g/mol. The summed E-state index contributed by atoms with van der Waals surface area (Å²) in [7, 11) is 0. The maximum absolute atomic E-state index is 13.1. The second-order valence-corrected chi connectivity index (χ2v) is 11.4. The topological polar surface area (TPSA) is 94.9 Å². The second-order valence-electron chi connectivity index (χ2n) is 9.60. The van der Waals surface area contributed by atoms with Crippen LogP contribution in [0.25, 0.3) is 20.5 Å². The number of unbranched alkanes of at least 4 members (excludes halogenated alkanes) is 1. The molecule has 1 amide bonds. The van der Waals surface area contributed by atoms with Crippen LogP contribution in [0.4, 0.5) is 0 Å². The third kappa shape index (κ3) is 5.49. The van der Waals surface area contributed by atoms with Gasteiger partial charge in [-0.1, -0.05) is 44.4 Å². The number of aromatic carboxylic acids is 1. The molecule has 2 aromatic carbocycles. The molecule has 1 aliphatic carbocycles. The van der Waals surface area contributed by atoms with Crippen molar-refractivity contribution < 1.29 is 24.6 Å². The molecule has 1 aliphatic rings. The lowest BCUT2D eigenvalue weighted by atomic mass is 9.85. The number of carbonyl (C=O) groups is 3. The van der Waals surface area contributed by atoms with Gasteiger partial charge in [-0.2, -0.15) is 0 Å². The summed E-state index contributed by atoms with van der Waals surface area (Å²) in [6, 6.07) is 12.9. The van der Waals surface area contributed by atoms with Crippen molar-refractivity contribution >= 4 is 55.2 Å². The molecule has 36 heavy (non-hydrogen) atoms. The number of carboxylic acid groups (broad SMARTS) is 2. The minimum atomic E-state index is -0.957. The zero-order chi connectivity index (χ0) is 25.9. The SMILES string of the molecule is CCCCC(=O)N(Cc1ccc2sc(-c3ccc(C(=O)O)cc3)c(Br)c2c1)CC1(C(=O)O)CCCC1. The molecule has 2 N–H and O–H groups in total. The van der Waals surface area contributed by atoms with E-state index >= 15 is 0 Å². The number of hydrogen-bond donors (Lipinski definition) is 2. The van der Waals surface area contributed by atoms with E-state index in [1.807, 2.05) is 19.1 Å². The van der Waals surface area contributed by atoms with E-state index in [-0.39, 0.29) is 18.0 Å². The van der Waals surface area contributed by atoms with Gasteiger partial charge in [0.2, 0.25) is 5.91 Å². The summed E-state index contributed by atoms with van der Waals surface area (Å²) in [4.78, 5) is 39.3. The van der Waals surface area contributed by atoms with Crippen LogP contribution in [0.5, 0.6) is 0 Å². The molecule has 1 fully saturated rings. The highest BCUT2D eigenvalue weighted by Crippen LogP contribution is 2.43. The molecular formula is C28H30BrNO5S. The summed E-state index contributed by atoms with van der Waals surface area (Å²) in [6.45, 7) is 2.66. The third-order valence-electron chi connectivity index (χ3n) is 7.06. The first kappa shape index (κ1) is 26.4. The number of halogens is 1. The number of carboxylic acids is 2. The predicted molar refractivity (Wildman–Crippen MR) is 145 cm³/mol. The zero-order valence-electron chi connectivity index (χ0n) is 20.3. The Morgan fingerprint density at radius 1 is 1.06 bits per heavy atom. The molecule has 190 valence electrons. The van der Waals surface area contributed by atoms with Crippen molar-refractivity contribution in [2.45, 2.75) is 58.4 Å². The van der Waals surface area contributed by atoms with Gasteiger partial charge < -0.3 is 15.1 Å². The number of fused-ring (bicyclic) bond motifs is 1. The van der Waals surface area contributed by atoms with Crippen LogP contribution in [0.15, 0.2) is 46.9 Å². The van der Waals surface area contributed by atoms with Crippen molar-refractivity contribution in [1.82, 2.24) is 4.90 Å². The standard InChI is InChI=1S/C28H30BrNO5S/c1-2-3-6-23(31)30(17-28(27(34)35)13-4-5-14-28)16-18-7-12-22-21(15-18)24(29)25(36-22)19-8-10-20(11-9-19)26(32)33/h7-12,15H,2-6,13-14,16-17H2,1H3,(H,32,33)(H,34,35). The maximum atomic E-state index is 13.1. The number of thiophene rings is 1. The molecule has 0 spiro atoms. The highest BCUT2D eigenvalue weighted by Gasteiger charge is 2.43. The fraction of sp³-hybridized carbons (Fsp3) is 0.393. The van der Waals surface area contributed by atoms with Crippen LogP contribution in [-0.2, 0) is 16.1 Å². The van der Waals surface area contributed by atoms with Gasteiger partial charge in [-0.15, -0.1) is 11.3 Å². The van der Waals surface area contributed by atoms with Crippen LogP contribution < -0.4 is 0 Å². The lowest BCUT2D eigenvalue weighted by molar-refractivity contribution is -0.151. The van der Waals surface area contributed by atoms with Crippen LogP contribution >= 0.6 is 27.3 Å². The molecule has 1 aromatic heterocycles. The quantitative estimate of drug-likeness (QED) is 0.268. The lowest BCUT2D eigenvalue weighted by Gasteiger charge is -2.32. The minimum Gasteiger partial charge on any atom is -0.481 e. The van der Waals surface area contributed by atoms with Crippen molar-refractivity contribution in [3.63, 3.8) is 0 Å². The lowest BCUT2D eigenvalue weighted by Crippen LogP contribution is -2.43. The average molecular weight is 573 g/mol. The Morgan fingerprint density at radius 2 is 1.75 bits per heavy atom. The van der Waals surface area contributed by atoms with Crippen LogP contribution in [0, 0.1) is 5.41 Å². The van der Waals surface area contributed by atoms with Crippen molar-refractivity contribution in [3.05, 3.63) is 58.1 Å². The Kier molecular flexibility index (Phi) is 8.15. The monoisotopic (exact) mass is 571 g/mol. The van der Waals surface area contributed by atoms with E-state index in [2.05, 4.69) is 22.0 Å². The molecule has 0 atom stereocenters. The Hall–Kier alpha value is -2.71. The molecule has 0 radical (unpaired) electrons. The molecule has 6 nitrogen and oxygen atoms in total. The van der Waals surface area contributed by atoms with Gasteiger partial charge in [0.05, 0.1) is 11.0 Å². The van der Waals surface area contributed by atoms with Gasteiger partial charge in [0.15, 0.2) is 0 Å². The Bertz CT molecular complexity index is 1280. The van der Waals surface area contributed by atoms with Gasteiger partial charge in [0, 0.05) is 38.9 Å². The highest BCUT2D eigenvalue weighted by molar-refractivity contribution is 9.10. The Morgan fingerprint density at radius 3 is 2.36 bits per heavy atom. The number of aliphatic carboxylic acids is 1. The van der Waals surface area contributed by atoms with E-state index in [9.17, 15) is 24.6 Å². The highest BCUT2D eigenvalue weighted by atomic mass is 79.9. The van der Waals surface area contributed by atoms with Crippen molar-refractivity contribution in [2.24, 2.45) is 5.41 Å². The zero-order valence-corrected chi connectivity index (χ0v) is 22.7. The summed E-state index contributed by atoms with van der Waals surface area (Å²) in [5.74, 6) is -1.75. The van der Waals surface area contributed by atoms with Crippen LogP contribution in [0.1, 0.15) is 67.8 Å². The summed E-state index contributed by atoms with van der Waals surface area (Å²) >= 11 is 5.35. The number of rotatable bonds is 10. The Balaban J connectivity index is 1.63. The van der Waals surface area contributed by atoms with Gasteiger partial charge in [-0.05, 0) is 70.6 Å². The van der Waals surface area contributed by atoms with E-state index in [4.69, 9.17) is 0 Å². The first-order valence-corrected chi connectivity index (χ1v) is 13.9. The number of amides is 1. The number of nitrogens with zero attached hydrogens (tertiary/aromatic N) is 1. The van der Waals surface area contributed by atoms with Gasteiger partial charge in [-0.25, -0.2) is 4.79 Å². The van der Waals surface area contributed by atoms with E-state index in [1.165, 1.54) is 0 Å². The maximum Gasteiger partial charge on any atom is 0.335 e. The average Bonchev–Trinajstić information content (AvgIpc) is 3.48. The molecule has 0 unspecified atom stereocenters. The van der Waals surface area contributed by atoms with Crippen molar-refractivity contribution in [3.8, 4) is 10.4 Å². The minimum absolute atomic E-state index is 0.00747. The molecule has 3 aromatic rings. The summed E-state index contributed by atoms with van der Waals surface area (Å²) in [6.07, 6.45) is 5.11. The molecule has 0 bridgehead atoms. The van der Waals surface area contributed by atoms with E-state index in [0.29, 0.717) is 25.8 Å². The van der Waals surface area contributed by atoms with Crippen molar-refractivity contribution in [2.75, 3.05) is 6.54 Å². The molecule has 0 saturated heterocycles. The van der Waals surface area contributed by atoms with Crippen LogP contribution in [0.2, 0.25) is 0 Å². The first-order valence-electron chi connectivity index (χ1n) is 12.3. The molecule has 8 heteroatoms. The molecule has 4 rings (SSSR count). The predicted octanol–water partition coefficient (Wildman–Crippen LogP) is 7.19. The number of carbonyl (C=O) groups excluding carboxylic acids is 1. The summed E-state index contributed by atoms with van der Waals surface area (Å²) in [5.41, 5.74) is 1.27. The van der Waals surface area contributed by atoms with Gasteiger partial charge in [-0.3, -0.25) is 9.59 Å². The number of benzene rings is 2. The number of hydrogen-bond acceptors (Lipinski definition) is 4. The van der Waals surface area contributed by atoms with Crippen LogP contribution in [0.3, 0.4) is 0 Å². The van der Waals surface area contributed by atoms with Crippen LogP contribution in [-0.4, -0.2) is 39.5 Å². The fourth-order valence-electron chi connectivity index (χ4n) is 4.96. The molecule has 0 aliphatic heterocycles. The molecule has 1 heterocycles. The molecule has 1 saturated carbocycles. The van der Waals surface area contributed by atoms with Gasteiger partial charge >= 0.3 is 11.9 Å².